The van der Waals surface area contributed by atoms with Crippen LogP contribution < -0.4 is 5.32 Å². The SMILES string of the molecule is Cc1ccc(-n2ncc(C(=O)Nc3ccccn3)c2C(F)(F)F)cc1. The molecule has 0 spiro atoms. The molecule has 3 aromatic rings. The molecular formula is C17H13F3N4O. The van der Waals surface area contributed by atoms with E-state index in [4.69, 9.17) is 0 Å². The summed E-state index contributed by atoms with van der Waals surface area (Å²) in [6, 6.07) is 11.1. The lowest BCUT2D eigenvalue weighted by Crippen LogP contribution is -2.21. The van der Waals surface area contributed by atoms with Crippen molar-refractivity contribution in [2.45, 2.75) is 13.1 Å². The number of aryl methyl sites for hydroxylation is 1. The van der Waals surface area contributed by atoms with E-state index in [9.17, 15) is 18.0 Å². The fourth-order valence-corrected chi connectivity index (χ4v) is 2.29. The molecule has 0 aliphatic rings. The molecule has 0 fully saturated rings. The maximum Gasteiger partial charge on any atom is 0.434 e. The number of carbonyl (C=O) groups excluding carboxylic acids is 1. The second kappa shape index (κ2) is 6.39. The molecule has 128 valence electrons. The van der Waals surface area contributed by atoms with Crippen molar-refractivity contribution in [3.8, 4) is 5.69 Å². The van der Waals surface area contributed by atoms with Gasteiger partial charge in [-0.1, -0.05) is 23.8 Å². The van der Waals surface area contributed by atoms with Gasteiger partial charge in [-0.15, -0.1) is 0 Å². The lowest BCUT2D eigenvalue weighted by Gasteiger charge is -2.13. The molecule has 0 atom stereocenters. The predicted octanol–water partition coefficient (Wildman–Crippen LogP) is 3.85. The minimum absolute atomic E-state index is 0.156. The Labute approximate surface area is 141 Å². The third-order valence-electron chi connectivity index (χ3n) is 3.47. The van der Waals surface area contributed by atoms with E-state index in [1.807, 2.05) is 6.92 Å². The highest BCUT2D eigenvalue weighted by atomic mass is 19.4. The van der Waals surface area contributed by atoms with Gasteiger partial charge in [-0.25, -0.2) is 9.67 Å². The zero-order valence-electron chi connectivity index (χ0n) is 13.1. The van der Waals surface area contributed by atoms with Crippen LogP contribution in [0.4, 0.5) is 19.0 Å². The van der Waals surface area contributed by atoms with Crippen LogP contribution in [0.3, 0.4) is 0 Å². The van der Waals surface area contributed by atoms with Crippen molar-refractivity contribution >= 4 is 11.7 Å². The number of benzene rings is 1. The number of aromatic nitrogens is 3. The number of anilines is 1. The van der Waals surface area contributed by atoms with Crippen LogP contribution in [0.5, 0.6) is 0 Å². The van der Waals surface area contributed by atoms with Gasteiger partial charge in [0.05, 0.1) is 17.4 Å². The van der Waals surface area contributed by atoms with Gasteiger partial charge in [0.1, 0.15) is 5.82 Å². The quantitative estimate of drug-likeness (QED) is 0.784. The molecule has 0 aliphatic carbocycles. The molecule has 1 aromatic carbocycles. The van der Waals surface area contributed by atoms with Gasteiger partial charge < -0.3 is 5.32 Å². The Bertz CT molecular complexity index is 887. The molecule has 5 nitrogen and oxygen atoms in total. The minimum atomic E-state index is -4.75. The third kappa shape index (κ3) is 3.52. The van der Waals surface area contributed by atoms with E-state index in [2.05, 4.69) is 15.4 Å². The van der Waals surface area contributed by atoms with Crippen LogP contribution in [-0.2, 0) is 6.18 Å². The number of nitrogens with zero attached hydrogens (tertiary/aromatic N) is 3. The average molecular weight is 346 g/mol. The van der Waals surface area contributed by atoms with Gasteiger partial charge in [-0.2, -0.15) is 18.3 Å². The van der Waals surface area contributed by atoms with Gasteiger partial charge in [0, 0.05) is 6.20 Å². The zero-order chi connectivity index (χ0) is 18.0. The Kier molecular flexibility index (Phi) is 4.26. The van der Waals surface area contributed by atoms with Crippen molar-refractivity contribution in [3.05, 3.63) is 71.7 Å². The fourth-order valence-electron chi connectivity index (χ4n) is 2.29. The zero-order valence-corrected chi connectivity index (χ0v) is 13.1. The molecule has 1 N–H and O–H groups in total. The van der Waals surface area contributed by atoms with E-state index < -0.39 is 23.3 Å². The molecule has 1 amide bonds. The molecule has 8 heteroatoms. The number of amides is 1. The van der Waals surface area contributed by atoms with Crippen LogP contribution in [0.2, 0.25) is 0 Å². The number of carbonyl (C=O) groups is 1. The van der Waals surface area contributed by atoms with E-state index in [1.165, 1.54) is 24.4 Å². The summed E-state index contributed by atoms with van der Waals surface area (Å²) in [6.45, 7) is 1.82. The van der Waals surface area contributed by atoms with Gasteiger partial charge in [0.2, 0.25) is 0 Å². The smallest absolute Gasteiger partial charge is 0.306 e. The lowest BCUT2D eigenvalue weighted by atomic mass is 10.2. The number of nitrogens with one attached hydrogen (secondary N) is 1. The molecular weight excluding hydrogens is 333 g/mol. The van der Waals surface area contributed by atoms with Crippen molar-refractivity contribution in [2.24, 2.45) is 0 Å². The molecule has 2 aromatic heterocycles. The van der Waals surface area contributed by atoms with E-state index in [0.29, 0.717) is 4.68 Å². The molecule has 0 aliphatic heterocycles. The summed E-state index contributed by atoms with van der Waals surface area (Å²) in [4.78, 5) is 16.1. The van der Waals surface area contributed by atoms with E-state index in [0.717, 1.165) is 11.8 Å². The van der Waals surface area contributed by atoms with Crippen LogP contribution in [0.1, 0.15) is 21.6 Å². The molecule has 0 bridgehead atoms. The van der Waals surface area contributed by atoms with Crippen molar-refractivity contribution in [3.63, 3.8) is 0 Å². The van der Waals surface area contributed by atoms with E-state index in [1.54, 1.807) is 24.3 Å². The van der Waals surface area contributed by atoms with Crippen molar-refractivity contribution in [1.29, 1.82) is 0 Å². The first kappa shape index (κ1) is 16.7. The lowest BCUT2D eigenvalue weighted by molar-refractivity contribution is -0.143. The van der Waals surface area contributed by atoms with Crippen LogP contribution in [0, 0.1) is 6.92 Å². The number of pyridine rings is 1. The van der Waals surface area contributed by atoms with Gasteiger partial charge >= 0.3 is 6.18 Å². The Balaban J connectivity index is 2.03. The summed E-state index contributed by atoms with van der Waals surface area (Å²) >= 11 is 0. The number of halogens is 3. The van der Waals surface area contributed by atoms with Gasteiger partial charge in [0.15, 0.2) is 5.69 Å². The number of hydrogen-bond acceptors (Lipinski definition) is 3. The first-order chi connectivity index (χ1) is 11.9. The van der Waals surface area contributed by atoms with Gasteiger partial charge in [-0.05, 0) is 31.2 Å². The molecule has 0 radical (unpaired) electrons. The van der Waals surface area contributed by atoms with Crippen LogP contribution in [-0.4, -0.2) is 20.7 Å². The number of hydrogen-bond donors (Lipinski definition) is 1. The van der Waals surface area contributed by atoms with Crippen molar-refractivity contribution in [1.82, 2.24) is 14.8 Å². The summed E-state index contributed by atoms with van der Waals surface area (Å²) in [5.41, 5.74) is -0.587. The largest absolute Gasteiger partial charge is 0.434 e. The summed E-state index contributed by atoms with van der Waals surface area (Å²) in [7, 11) is 0. The molecule has 0 unspecified atom stereocenters. The molecule has 0 saturated carbocycles. The maximum absolute atomic E-state index is 13.5. The van der Waals surface area contributed by atoms with Gasteiger partial charge in [0.25, 0.3) is 5.91 Å². The summed E-state index contributed by atoms with van der Waals surface area (Å²) < 4.78 is 41.4. The van der Waals surface area contributed by atoms with Crippen LogP contribution >= 0.6 is 0 Å². The highest BCUT2D eigenvalue weighted by molar-refractivity contribution is 6.04. The number of rotatable bonds is 3. The topological polar surface area (TPSA) is 59.8 Å². The Morgan fingerprint density at radius 1 is 1.12 bits per heavy atom. The van der Waals surface area contributed by atoms with Gasteiger partial charge in [-0.3, -0.25) is 4.79 Å². The second-order valence-corrected chi connectivity index (χ2v) is 5.32. The minimum Gasteiger partial charge on any atom is -0.306 e. The van der Waals surface area contributed by atoms with Crippen LogP contribution in [0.25, 0.3) is 5.69 Å². The Morgan fingerprint density at radius 3 is 2.44 bits per heavy atom. The number of alkyl halides is 3. The fraction of sp³-hybridized carbons (Fsp3) is 0.118. The Morgan fingerprint density at radius 2 is 1.84 bits per heavy atom. The van der Waals surface area contributed by atoms with Crippen LogP contribution in [0.15, 0.2) is 54.9 Å². The predicted molar refractivity (Wildman–Crippen MR) is 85.5 cm³/mol. The average Bonchev–Trinajstić information content (AvgIpc) is 3.02. The Hall–Kier alpha value is -3.16. The maximum atomic E-state index is 13.5. The summed E-state index contributed by atoms with van der Waals surface area (Å²) in [6.07, 6.45) is -2.42. The first-order valence-corrected chi connectivity index (χ1v) is 7.31. The van der Waals surface area contributed by atoms with Crippen molar-refractivity contribution < 1.29 is 18.0 Å². The first-order valence-electron chi connectivity index (χ1n) is 7.31. The standard InChI is InChI=1S/C17H13F3N4O/c1-11-5-7-12(8-6-11)24-15(17(18,19)20)13(10-22-24)16(25)23-14-4-2-3-9-21-14/h2-10H,1H3,(H,21,23,25). The molecule has 2 heterocycles. The molecule has 0 saturated heterocycles. The highest BCUT2D eigenvalue weighted by Crippen LogP contribution is 2.34. The summed E-state index contributed by atoms with van der Waals surface area (Å²) in [5, 5.41) is 6.10. The van der Waals surface area contributed by atoms with E-state index in [-0.39, 0.29) is 11.5 Å². The second-order valence-electron chi connectivity index (χ2n) is 5.32. The van der Waals surface area contributed by atoms with Crippen molar-refractivity contribution in [2.75, 3.05) is 5.32 Å². The van der Waals surface area contributed by atoms with E-state index >= 15 is 0 Å². The highest BCUT2D eigenvalue weighted by Gasteiger charge is 2.40. The third-order valence-corrected chi connectivity index (χ3v) is 3.47. The molecule has 3 rings (SSSR count). The summed E-state index contributed by atoms with van der Waals surface area (Å²) in [5.74, 6) is -0.770. The normalized spacial score (nSPS) is 11.4. The molecule has 25 heavy (non-hydrogen) atoms. The monoisotopic (exact) mass is 346 g/mol.